The van der Waals surface area contributed by atoms with Crippen molar-refractivity contribution in [2.75, 3.05) is 36.0 Å². The standard InChI is InChI=1S/C18H16F3N5O/c19-18(20,21)15-6-3-13(11-22)17(24-15)26-9-7-25(8-10-26)14-4-1-12(2-5-14)16(23)27/h1-6H,7-10H2,(H2,23,27). The number of halogens is 3. The number of alkyl halides is 3. The number of piperazine rings is 1. The van der Waals surface area contributed by atoms with Crippen molar-refractivity contribution < 1.29 is 18.0 Å². The molecule has 0 aliphatic carbocycles. The third-order valence-electron chi connectivity index (χ3n) is 4.38. The highest BCUT2D eigenvalue weighted by Crippen LogP contribution is 2.31. The quantitative estimate of drug-likeness (QED) is 0.890. The van der Waals surface area contributed by atoms with Crippen LogP contribution in [0.4, 0.5) is 24.7 Å². The summed E-state index contributed by atoms with van der Waals surface area (Å²) in [6.45, 7) is 1.92. The van der Waals surface area contributed by atoms with Crippen LogP contribution in [0.15, 0.2) is 36.4 Å². The molecular weight excluding hydrogens is 359 g/mol. The average molecular weight is 375 g/mol. The zero-order chi connectivity index (χ0) is 19.6. The van der Waals surface area contributed by atoms with E-state index in [9.17, 15) is 23.2 Å². The number of aromatic nitrogens is 1. The molecule has 0 saturated carbocycles. The third kappa shape index (κ3) is 3.95. The van der Waals surface area contributed by atoms with Crippen LogP contribution < -0.4 is 15.5 Å². The lowest BCUT2D eigenvalue weighted by Crippen LogP contribution is -2.47. The summed E-state index contributed by atoms with van der Waals surface area (Å²) in [5.74, 6) is -0.456. The van der Waals surface area contributed by atoms with Crippen molar-refractivity contribution in [3.63, 3.8) is 0 Å². The minimum absolute atomic E-state index is 0.0519. The Bertz CT molecular complexity index is 881. The van der Waals surface area contributed by atoms with Gasteiger partial charge < -0.3 is 15.5 Å². The SMILES string of the molecule is N#Cc1ccc(C(F)(F)F)nc1N1CCN(c2ccc(C(N)=O)cc2)CC1. The van der Waals surface area contributed by atoms with Gasteiger partial charge in [-0.1, -0.05) is 0 Å². The molecule has 3 rings (SSSR count). The van der Waals surface area contributed by atoms with Crippen molar-refractivity contribution in [2.45, 2.75) is 6.18 Å². The molecule has 9 heteroatoms. The number of rotatable bonds is 3. The summed E-state index contributed by atoms with van der Waals surface area (Å²) in [6, 6.07) is 10.7. The molecule has 2 aromatic rings. The van der Waals surface area contributed by atoms with E-state index in [0.717, 1.165) is 17.8 Å². The molecule has 1 fully saturated rings. The van der Waals surface area contributed by atoms with Gasteiger partial charge in [0.25, 0.3) is 0 Å². The van der Waals surface area contributed by atoms with Crippen LogP contribution in [0.5, 0.6) is 0 Å². The molecule has 2 N–H and O–H groups in total. The Hall–Kier alpha value is -3.28. The predicted molar refractivity (Wildman–Crippen MR) is 93.3 cm³/mol. The van der Waals surface area contributed by atoms with E-state index in [1.807, 2.05) is 11.0 Å². The number of hydrogen-bond acceptors (Lipinski definition) is 5. The van der Waals surface area contributed by atoms with Gasteiger partial charge in [-0.15, -0.1) is 0 Å². The lowest BCUT2D eigenvalue weighted by atomic mass is 10.1. The number of pyridine rings is 1. The summed E-state index contributed by atoms with van der Waals surface area (Å²) in [5.41, 5.74) is 5.62. The van der Waals surface area contributed by atoms with Crippen LogP contribution in [0.25, 0.3) is 0 Å². The van der Waals surface area contributed by atoms with Crippen molar-refractivity contribution in [2.24, 2.45) is 5.73 Å². The minimum atomic E-state index is -4.56. The molecule has 140 valence electrons. The molecule has 0 radical (unpaired) electrons. The summed E-state index contributed by atoms with van der Waals surface area (Å²) in [7, 11) is 0. The maximum Gasteiger partial charge on any atom is 0.433 e. The van der Waals surface area contributed by atoms with Crippen molar-refractivity contribution in [1.82, 2.24) is 4.98 Å². The Morgan fingerprint density at radius 3 is 2.15 bits per heavy atom. The summed E-state index contributed by atoms with van der Waals surface area (Å²) < 4.78 is 38.8. The zero-order valence-corrected chi connectivity index (χ0v) is 14.2. The van der Waals surface area contributed by atoms with E-state index >= 15 is 0 Å². The van der Waals surface area contributed by atoms with Crippen LogP contribution >= 0.6 is 0 Å². The zero-order valence-electron chi connectivity index (χ0n) is 14.2. The molecule has 6 nitrogen and oxygen atoms in total. The van der Waals surface area contributed by atoms with Crippen LogP contribution in [-0.2, 0) is 6.18 Å². The minimum Gasteiger partial charge on any atom is -0.368 e. The number of hydrogen-bond donors (Lipinski definition) is 1. The van der Waals surface area contributed by atoms with Crippen molar-refractivity contribution in [3.8, 4) is 6.07 Å². The van der Waals surface area contributed by atoms with E-state index in [1.54, 1.807) is 29.2 Å². The van der Waals surface area contributed by atoms with Crippen LogP contribution in [0.2, 0.25) is 0 Å². The summed E-state index contributed by atoms with van der Waals surface area (Å²) in [6.07, 6.45) is -4.56. The molecule has 1 aliphatic rings. The van der Waals surface area contributed by atoms with Crippen LogP contribution in [-0.4, -0.2) is 37.1 Å². The van der Waals surface area contributed by atoms with E-state index in [2.05, 4.69) is 4.98 Å². The number of carbonyl (C=O) groups excluding carboxylic acids is 1. The summed E-state index contributed by atoms with van der Waals surface area (Å²) in [4.78, 5) is 18.5. The van der Waals surface area contributed by atoms with Crippen LogP contribution in [0.1, 0.15) is 21.6 Å². The van der Waals surface area contributed by atoms with Gasteiger partial charge in [-0.25, -0.2) is 4.98 Å². The molecule has 1 aromatic carbocycles. The molecule has 27 heavy (non-hydrogen) atoms. The molecule has 1 saturated heterocycles. The highest BCUT2D eigenvalue weighted by atomic mass is 19.4. The van der Waals surface area contributed by atoms with Gasteiger partial charge in [0, 0.05) is 37.4 Å². The highest BCUT2D eigenvalue weighted by molar-refractivity contribution is 5.93. The largest absolute Gasteiger partial charge is 0.433 e. The number of amides is 1. The lowest BCUT2D eigenvalue weighted by molar-refractivity contribution is -0.141. The van der Waals surface area contributed by atoms with Crippen molar-refractivity contribution >= 4 is 17.4 Å². The van der Waals surface area contributed by atoms with Crippen LogP contribution in [0, 0.1) is 11.3 Å². The van der Waals surface area contributed by atoms with Gasteiger partial charge in [0.1, 0.15) is 17.6 Å². The van der Waals surface area contributed by atoms with Gasteiger partial charge in [-0.05, 0) is 36.4 Å². The van der Waals surface area contributed by atoms with Gasteiger partial charge in [0.05, 0.1) is 5.56 Å². The number of nitrogens with zero attached hydrogens (tertiary/aromatic N) is 4. The van der Waals surface area contributed by atoms with Gasteiger partial charge in [0.15, 0.2) is 0 Å². The molecule has 1 amide bonds. The molecule has 1 aliphatic heterocycles. The van der Waals surface area contributed by atoms with E-state index in [4.69, 9.17) is 5.73 Å². The van der Waals surface area contributed by atoms with Crippen LogP contribution in [0.3, 0.4) is 0 Å². The van der Waals surface area contributed by atoms with E-state index in [1.165, 1.54) is 0 Å². The summed E-state index contributed by atoms with van der Waals surface area (Å²) >= 11 is 0. The average Bonchev–Trinajstić information content (AvgIpc) is 2.67. The molecule has 0 spiro atoms. The first-order chi connectivity index (χ1) is 12.8. The van der Waals surface area contributed by atoms with Crippen molar-refractivity contribution in [3.05, 3.63) is 53.2 Å². The Labute approximate surface area is 153 Å². The number of primary amides is 1. The molecule has 2 heterocycles. The van der Waals surface area contributed by atoms with Gasteiger partial charge in [0.2, 0.25) is 5.91 Å². The first-order valence-corrected chi connectivity index (χ1v) is 8.17. The van der Waals surface area contributed by atoms with Gasteiger partial charge >= 0.3 is 6.18 Å². The van der Waals surface area contributed by atoms with E-state index in [0.29, 0.717) is 31.7 Å². The summed E-state index contributed by atoms with van der Waals surface area (Å²) in [5, 5.41) is 9.20. The third-order valence-corrected chi connectivity index (χ3v) is 4.38. The van der Waals surface area contributed by atoms with Crippen molar-refractivity contribution in [1.29, 1.82) is 5.26 Å². The smallest absolute Gasteiger partial charge is 0.368 e. The molecule has 0 atom stereocenters. The molecule has 0 unspecified atom stereocenters. The normalized spacial score (nSPS) is 14.7. The molecular formula is C18H16F3N5O. The monoisotopic (exact) mass is 375 g/mol. The molecule has 1 aromatic heterocycles. The van der Waals surface area contributed by atoms with Gasteiger partial charge in [-0.2, -0.15) is 18.4 Å². The number of nitriles is 1. The van der Waals surface area contributed by atoms with E-state index in [-0.39, 0.29) is 11.4 Å². The predicted octanol–water partition coefficient (Wildman–Crippen LogP) is 2.40. The topological polar surface area (TPSA) is 86.2 Å². The first kappa shape index (κ1) is 18.5. The van der Waals surface area contributed by atoms with E-state index < -0.39 is 17.8 Å². The number of anilines is 2. The fourth-order valence-corrected chi connectivity index (χ4v) is 2.95. The maximum atomic E-state index is 12.9. The number of nitrogens with two attached hydrogens (primary N) is 1. The molecule has 0 bridgehead atoms. The second kappa shape index (κ2) is 7.15. The van der Waals surface area contributed by atoms with Gasteiger partial charge in [-0.3, -0.25) is 4.79 Å². The second-order valence-electron chi connectivity index (χ2n) is 6.06. The Balaban J connectivity index is 1.75. The Morgan fingerprint density at radius 2 is 1.63 bits per heavy atom. The number of benzene rings is 1. The fraction of sp³-hybridized carbons (Fsp3) is 0.278. The highest BCUT2D eigenvalue weighted by Gasteiger charge is 2.34. The second-order valence-corrected chi connectivity index (χ2v) is 6.06. The lowest BCUT2D eigenvalue weighted by Gasteiger charge is -2.37. The maximum absolute atomic E-state index is 12.9. The Morgan fingerprint density at radius 1 is 1.04 bits per heavy atom. The fourth-order valence-electron chi connectivity index (χ4n) is 2.95. The first-order valence-electron chi connectivity index (χ1n) is 8.17. The number of carbonyl (C=O) groups is 1. The Kier molecular flexibility index (Phi) is 4.90.